The van der Waals surface area contributed by atoms with Crippen molar-refractivity contribution in [2.75, 3.05) is 0 Å². The largest absolute Gasteiger partial charge is 0.478 e. The van der Waals surface area contributed by atoms with Crippen LogP contribution >= 0.6 is 11.3 Å². The first-order valence-corrected chi connectivity index (χ1v) is 7.57. The summed E-state index contributed by atoms with van der Waals surface area (Å²) in [5, 5.41) is 19.5. The zero-order valence-corrected chi connectivity index (χ0v) is 12.5. The lowest BCUT2D eigenvalue weighted by Crippen LogP contribution is -2.17. The number of aromatic nitrogens is 3. The van der Waals surface area contributed by atoms with Gasteiger partial charge < -0.3 is 5.11 Å². The van der Waals surface area contributed by atoms with E-state index >= 15 is 0 Å². The predicted molar refractivity (Wildman–Crippen MR) is 81.8 cm³/mol. The lowest BCUT2D eigenvalue weighted by atomic mass is 10.0. The highest BCUT2D eigenvalue weighted by Crippen LogP contribution is 2.31. The minimum absolute atomic E-state index is 0.102. The van der Waals surface area contributed by atoms with Crippen molar-refractivity contribution in [3.63, 3.8) is 0 Å². The minimum Gasteiger partial charge on any atom is -0.478 e. The average molecular weight is 301 g/mol. The van der Waals surface area contributed by atoms with Gasteiger partial charge in [-0.1, -0.05) is 25.1 Å². The Morgan fingerprint density at radius 3 is 2.76 bits per heavy atom. The van der Waals surface area contributed by atoms with E-state index in [0.29, 0.717) is 11.4 Å². The van der Waals surface area contributed by atoms with Crippen LogP contribution in [0.1, 0.15) is 35.1 Å². The van der Waals surface area contributed by atoms with E-state index in [-0.39, 0.29) is 11.6 Å². The molecule has 0 fully saturated rings. The number of hydrogen-bond acceptors (Lipinski definition) is 4. The Kier molecular flexibility index (Phi) is 3.47. The maximum Gasteiger partial charge on any atom is 0.335 e. The molecule has 0 saturated carbocycles. The van der Waals surface area contributed by atoms with Crippen molar-refractivity contribution >= 4 is 28.3 Å². The molecule has 6 heteroatoms. The van der Waals surface area contributed by atoms with Crippen LogP contribution in [0.4, 0.5) is 0 Å². The molecule has 21 heavy (non-hydrogen) atoms. The number of fused-ring (bicyclic) bond motifs is 1. The molecule has 2 heterocycles. The van der Waals surface area contributed by atoms with Gasteiger partial charge in [0, 0.05) is 4.88 Å². The van der Waals surface area contributed by atoms with Crippen molar-refractivity contribution in [2.24, 2.45) is 5.92 Å². The second-order valence-corrected chi connectivity index (χ2v) is 6.23. The van der Waals surface area contributed by atoms with Gasteiger partial charge in [-0.2, -0.15) is 0 Å². The minimum atomic E-state index is -0.954. The van der Waals surface area contributed by atoms with Crippen molar-refractivity contribution in [2.45, 2.75) is 19.9 Å². The molecule has 0 saturated heterocycles. The molecule has 1 N–H and O–H groups in total. The van der Waals surface area contributed by atoms with Crippen LogP contribution in [0, 0.1) is 5.92 Å². The van der Waals surface area contributed by atoms with Crippen molar-refractivity contribution in [3.8, 4) is 0 Å². The van der Waals surface area contributed by atoms with Crippen LogP contribution in [0.25, 0.3) is 11.0 Å². The van der Waals surface area contributed by atoms with Gasteiger partial charge in [-0.05, 0) is 35.6 Å². The van der Waals surface area contributed by atoms with Gasteiger partial charge in [0.2, 0.25) is 0 Å². The van der Waals surface area contributed by atoms with Gasteiger partial charge in [0.15, 0.2) is 0 Å². The lowest BCUT2D eigenvalue weighted by Gasteiger charge is -2.20. The highest BCUT2D eigenvalue weighted by molar-refractivity contribution is 7.10. The van der Waals surface area contributed by atoms with Crippen LogP contribution in [-0.4, -0.2) is 26.1 Å². The Morgan fingerprint density at radius 2 is 2.14 bits per heavy atom. The Hall–Kier alpha value is -2.21. The fraction of sp³-hybridized carbons (Fsp3) is 0.267. The SMILES string of the molecule is CC(C)C(c1cccs1)n1nnc2cc(C(=O)O)ccc21. The van der Waals surface area contributed by atoms with Crippen molar-refractivity contribution < 1.29 is 9.90 Å². The number of carboxylic acid groups (broad SMARTS) is 1. The molecule has 108 valence electrons. The predicted octanol–water partition coefficient (Wildman–Crippen LogP) is 3.44. The zero-order chi connectivity index (χ0) is 15.0. The van der Waals surface area contributed by atoms with Crippen LogP contribution in [0.15, 0.2) is 35.7 Å². The summed E-state index contributed by atoms with van der Waals surface area (Å²) in [6, 6.07) is 9.15. The molecule has 1 unspecified atom stereocenters. The Bertz CT molecular complexity index is 777. The summed E-state index contributed by atoms with van der Waals surface area (Å²) >= 11 is 1.69. The van der Waals surface area contributed by atoms with Gasteiger partial charge in [0.25, 0.3) is 0 Å². The number of carboxylic acids is 1. The van der Waals surface area contributed by atoms with E-state index in [4.69, 9.17) is 5.11 Å². The molecular formula is C15H15N3O2S. The first kappa shape index (κ1) is 13.8. The van der Waals surface area contributed by atoms with E-state index in [2.05, 4.69) is 30.2 Å². The van der Waals surface area contributed by atoms with Gasteiger partial charge in [-0.25, -0.2) is 9.48 Å². The summed E-state index contributed by atoms with van der Waals surface area (Å²) in [7, 11) is 0. The smallest absolute Gasteiger partial charge is 0.335 e. The van der Waals surface area contributed by atoms with Gasteiger partial charge in [0.05, 0.1) is 17.1 Å². The molecule has 0 aliphatic rings. The van der Waals surface area contributed by atoms with Crippen molar-refractivity contribution in [1.82, 2.24) is 15.0 Å². The van der Waals surface area contributed by atoms with E-state index in [1.807, 2.05) is 16.1 Å². The first-order valence-electron chi connectivity index (χ1n) is 6.69. The molecule has 0 spiro atoms. The quantitative estimate of drug-likeness (QED) is 0.801. The molecule has 1 aromatic carbocycles. The first-order chi connectivity index (χ1) is 10.1. The van der Waals surface area contributed by atoms with Gasteiger partial charge >= 0.3 is 5.97 Å². The lowest BCUT2D eigenvalue weighted by molar-refractivity contribution is 0.0697. The number of nitrogens with zero attached hydrogens (tertiary/aromatic N) is 3. The highest BCUT2D eigenvalue weighted by Gasteiger charge is 2.22. The number of hydrogen-bond donors (Lipinski definition) is 1. The number of carbonyl (C=O) groups is 1. The molecule has 1 atom stereocenters. The number of rotatable bonds is 4. The number of aromatic carboxylic acids is 1. The Labute approximate surface area is 125 Å². The standard InChI is InChI=1S/C15H15N3O2S/c1-9(2)14(13-4-3-7-21-13)18-12-6-5-10(15(19)20)8-11(12)16-17-18/h3-9,14H,1-2H3,(H,19,20). The van der Waals surface area contributed by atoms with E-state index < -0.39 is 5.97 Å². The molecule has 0 radical (unpaired) electrons. The molecule has 0 bridgehead atoms. The summed E-state index contributed by atoms with van der Waals surface area (Å²) in [5.74, 6) is -0.599. The molecule has 3 rings (SSSR count). The fourth-order valence-corrected chi connectivity index (χ4v) is 3.45. The number of thiophene rings is 1. The fourth-order valence-electron chi connectivity index (χ4n) is 2.47. The van der Waals surface area contributed by atoms with Crippen LogP contribution < -0.4 is 0 Å². The van der Waals surface area contributed by atoms with Gasteiger partial charge in [-0.3, -0.25) is 0 Å². The second-order valence-electron chi connectivity index (χ2n) is 5.25. The molecule has 0 amide bonds. The van der Waals surface area contributed by atoms with Crippen LogP contribution in [-0.2, 0) is 0 Å². The van der Waals surface area contributed by atoms with Crippen LogP contribution in [0.2, 0.25) is 0 Å². The topological polar surface area (TPSA) is 68.0 Å². The average Bonchev–Trinajstić information content (AvgIpc) is 3.08. The highest BCUT2D eigenvalue weighted by atomic mass is 32.1. The van der Waals surface area contributed by atoms with Crippen molar-refractivity contribution in [1.29, 1.82) is 0 Å². The third-order valence-corrected chi connectivity index (χ3v) is 4.39. The van der Waals surface area contributed by atoms with Crippen molar-refractivity contribution in [3.05, 3.63) is 46.2 Å². The molecule has 2 aromatic heterocycles. The second kappa shape index (κ2) is 5.29. The molecule has 3 aromatic rings. The monoisotopic (exact) mass is 301 g/mol. The molecule has 0 aliphatic carbocycles. The summed E-state index contributed by atoms with van der Waals surface area (Å²) in [4.78, 5) is 12.2. The van der Waals surface area contributed by atoms with Crippen LogP contribution in [0.5, 0.6) is 0 Å². The van der Waals surface area contributed by atoms with E-state index in [9.17, 15) is 4.79 Å². The molecule has 5 nitrogen and oxygen atoms in total. The maximum absolute atomic E-state index is 11.0. The van der Waals surface area contributed by atoms with E-state index in [1.54, 1.807) is 29.5 Å². The third-order valence-electron chi connectivity index (χ3n) is 3.45. The van der Waals surface area contributed by atoms with Gasteiger partial charge in [-0.15, -0.1) is 16.4 Å². The summed E-state index contributed by atoms with van der Waals surface area (Å²) in [5.41, 5.74) is 1.69. The molecular weight excluding hydrogens is 286 g/mol. The maximum atomic E-state index is 11.0. The van der Waals surface area contributed by atoms with E-state index in [1.165, 1.54) is 4.88 Å². The number of benzene rings is 1. The van der Waals surface area contributed by atoms with E-state index in [0.717, 1.165) is 5.52 Å². The zero-order valence-electron chi connectivity index (χ0n) is 11.7. The van der Waals surface area contributed by atoms with Gasteiger partial charge in [0.1, 0.15) is 5.52 Å². The summed E-state index contributed by atoms with van der Waals surface area (Å²) < 4.78 is 1.89. The Morgan fingerprint density at radius 1 is 1.33 bits per heavy atom. The molecule has 0 aliphatic heterocycles. The summed E-state index contributed by atoms with van der Waals surface area (Å²) in [6.07, 6.45) is 0. The van der Waals surface area contributed by atoms with Crippen LogP contribution in [0.3, 0.4) is 0 Å². The third kappa shape index (κ3) is 2.42. The summed E-state index contributed by atoms with van der Waals surface area (Å²) in [6.45, 7) is 4.28. The normalized spacial score (nSPS) is 12.9. The Balaban J connectivity index is 2.13.